The molecule has 1 fully saturated rings. The Morgan fingerprint density at radius 1 is 1.29 bits per heavy atom. The molecule has 2 N–H and O–H groups in total. The molecule has 1 aliphatic rings. The molecule has 0 saturated heterocycles. The van der Waals surface area contributed by atoms with Crippen molar-refractivity contribution >= 4 is 15.8 Å². The predicted octanol–water partition coefficient (Wildman–Crippen LogP) is 0.895. The Morgan fingerprint density at radius 3 is 2.52 bits per heavy atom. The van der Waals surface area contributed by atoms with Crippen molar-refractivity contribution in [3.8, 4) is 0 Å². The van der Waals surface area contributed by atoms with Gasteiger partial charge in [-0.3, -0.25) is 0 Å². The summed E-state index contributed by atoms with van der Waals surface area (Å²) in [6.07, 6.45) is 4.87. The van der Waals surface area contributed by atoms with Gasteiger partial charge in [-0.15, -0.1) is 0 Å². The summed E-state index contributed by atoms with van der Waals surface area (Å²) in [6, 6.07) is 3.77. The maximum absolute atomic E-state index is 12.0. The maximum Gasteiger partial charge on any atom is 0.244 e. The van der Waals surface area contributed by atoms with Gasteiger partial charge in [0, 0.05) is 33.4 Å². The number of nitrogens with two attached hydrogens (primary N) is 1. The van der Waals surface area contributed by atoms with E-state index in [2.05, 4.69) is 9.88 Å². The van der Waals surface area contributed by atoms with Crippen molar-refractivity contribution in [3.05, 3.63) is 18.3 Å². The first kappa shape index (κ1) is 16.2. The predicted molar refractivity (Wildman–Crippen MR) is 83.7 cm³/mol. The van der Waals surface area contributed by atoms with E-state index in [1.165, 1.54) is 31.0 Å². The third-order valence-electron chi connectivity index (χ3n) is 4.28. The van der Waals surface area contributed by atoms with Crippen LogP contribution in [0, 0.1) is 5.92 Å². The van der Waals surface area contributed by atoms with Gasteiger partial charge in [-0.25, -0.2) is 17.7 Å². The molecule has 1 saturated carbocycles. The van der Waals surface area contributed by atoms with Crippen LogP contribution < -0.4 is 10.6 Å². The van der Waals surface area contributed by atoms with E-state index in [0.717, 1.165) is 18.7 Å². The second-order valence-corrected chi connectivity index (χ2v) is 7.90. The summed E-state index contributed by atoms with van der Waals surface area (Å²) in [5, 5.41) is 0. The third-order valence-corrected chi connectivity index (χ3v) is 6.08. The molecule has 1 aromatic rings. The molecule has 0 aliphatic heterocycles. The fourth-order valence-corrected chi connectivity index (χ4v) is 3.76. The molecule has 1 aliphatic carbocycles. The largest absolute Gasteiger partial charge is 0.356 e. The molecule has 7 heteroatoms. The van der Waals surface area contributed by atoms with Crippen LogP contribution in [-0.4, -0.2) is 51.4 Å². The van der Waals surface area contributed by atoms with Crippen molar-refractivity contribution < 1.29 is 8.42 Å². The zero-order chi connectivity index (χ0) is 15.6. The lowest BCUT2D eigenvalue weighted by Crippen LogP contribution is -2.38. The zero-order valence-electron chi connectivity index (χ0n) is 12.9. The van der Waals surface area contributed by atoms with Gasteiger partial charge in [0.2, 0.25) is 10.0 Å². The van der Waals surface area contributed by atoms with Crippen LogP contribution in [-0.2, 0) is 10.0 Å². The van der Waals surface area contributed by atoms with E-state index in [1.807, 2.05) is 7.05 Å². The molecule has 0 aromatic carbocycles. The SMILES string of the molecule is CN(c1ccc(S(=O)(=O)N(C)C)cn1)C1CCCC1CN. The van der Waals surface area contributed by atoms with Gasteiger partial charge >= 0.3 is 0 Å². The number of hydrogen-bond acceptors (Lipinski definition) is 5. The maximum atomic E-state index is 12.0. The van der Waals surface area contributed by atoms with Crippen molar-refractivity contribution in [1.29, 1.82) is 0 Å². The van der Waals surface area contributed by atoms with Gasteiger partial charge in [-0.2, -0.15) is 0 Å². The van der Waals surface area contributed by atoms with Crippen LogP contribution >= 0.6 is 0 Å². The molecular weight excluding hydrogens is 288 g/mol. The van der Waals surface area contributed by atoms with Crippen molar-refractivity contribution in [2.24, 2.45) is 11.7 Å². The minimum atomic E-state index is -3.42. The van der Waals surface area contributed by atoms with Gasteiger partial charge in [0.25, 0.3) is 0 Å². The highest BCUT2D eigenvalue weighted by Gasteiger charge is 2.30. The van der Waals surface area contributed by atoms with Crippen molar-refractivity contribution in [3.63, 3.8) is 0 Å². The van der Waals surface area contributed by atoms with Crippen LogP contribution in [0.3, 0.4) is 0 Å². The number of sulfonamides is 1. The lowest BCUT2D eigenvalue weighted by Gasteiger charge is -2.30. The first-order valence-corrected chi connectivity index (χ1v) is 8.63. The standard InChI is InChI=1S/C14H24N4O2S/c1-17(2)21(19,20)12-7-8-14(16-10-12)18(3)13-6-4-5-11(13)9-15/h7-8,10-11,13H,4-6,9,15H2,1-3H3. The van der Waals surface area contributed by atoms with Crippen LogP contribution in [0.2, 0.25) is 0 Å². The van der Waals surface area contributed by atoms with E-state index in [4.69, 9.17) is 5.73 Å². The Kier molecular flexibility index (Phi) is 4.85. The van der Waals surface area contributed by atoms with Crippen LogP contribution in [0.1, 0.15) is 19.3 Å². The van der Waals surface area contributed by atoms with Gasteiger partial charge in [-0.1, -0.05) is 6.42 Å². The van der Waals surface area contributed by atoms with Crippen LogP contribution in [0.5, 0.6) is 0 Å². The minimum absolute atomic E-state index is 0.214. The molecule has 1 aromatic heterocycles. The van der Waals surface area contributed by atoms with Gasteiger partial charge in [0.15, 0.2) is 0 Å². The summed E-state index contributed by atoms with van der Waals surface area (Å²) < 4.78 is 25.2. The van der Waals surface area contributed by atoms with E-state index >= 15 is 0 Å². The molecule has 2 rings (SSSR count). The molecule has 0 radical (unpaired) electrons. The number of nitrogens with zero attached hydrogens (tertiary/aromatic N) is 3. The Balaban J connectivity index is 2.19. The van der Waals surface area contributed by atoms with Crippen molar-refractivity contribution in [1.82, 2.24) is 9.29 Å². The van der Waals surface area contributed by atoms with Gasteiger partial charge in [0.05, 0.1) is 0 Å². The summed E-state index contributed by atoms with van der Waals surface area (Å²) in [7, 11) is 1.61. The second kappa shape index (κ2) is 6.29. The second-order valence-electron chi connectivity index (χ2n) is 5.74. The molecule has 2 unspecified atom stereocenters. The minimum Gasteiger partial charge on any atom is -0.356 e. The molecule has 2 atom stereocenters. The molecule has 6 nitrogen and oxygen atoms in total. The molecule has 0 spiro atoms. The smallest absolute Gasteiger partial charge is 0.244 e. The fourth-order valence-electron chi connectivity index (χ4n) is 2.92. The van der Waals surface area contributed by atoms with Gasteiger partial charge < -0.3 is 10.6 Å². The number of aromatic nitrogens is 1. The van der Waals surface area contributed by atoms with Gasteiger partial charge in [0.1, 0.15) is 10.7 Å². The van der Waals surface area contributed by atoms with E-state index in [1.54, 1.807) is 12.1 Å². The first-order chi connectivity index (χ1) is 9.87. The summed E-state index contributed by atoms with van der Waals surface area (Å²) in [5.74, 6) is 1.28. The zero-order valence-corrected chi connectivity index (χ0v) is 13.7. The molecule has 21 heavy (non-hydrogen) atoms. The summed E-state index contributed by atoms with van der Waals surface area (Å²) in [6.45, 7) is 0.683. The van der Waals surface area contributed by atoms with E-state index < -0.39 is 10.0 Å². The highest BCUT2D eigenvalue weighted by atomic mass is 32.2. The molecule has 1 heterocycles. The monoisotopic (exact) mass is 312 g/mol. The number of pyridine rings is 1. The Hall–Kier alpha value is -1.18. The molecular formula is C14H24N4O2S. The normalized spacial score (nSPS) is 22.7. The Labute approximate surface area is 127 Å². The van der Waals surface area contributed by atoms with E-state index in [9.17, 15) is 8.42 Å². The van der Waals surface area contributed by atoms with Crippen molar-refractivity contribution in [2.45, 2.75) is 30.2 Å². The lowest BCUT2D eigenvalue weighted by atomic mass is 10.0. The van der Waals surface area contributed by atoms with E-state index in [0.29, 0.717) is 18.5 Å². The molecule has 0 bridgehead atoms. The van der Waals surface area contributed by atoms with Crippen molar-refractivity contribution in [2.75, 3.05) is 32.6 Å². The quantitative estimate of drug-likeness (QED) is 0.873. The lowest BCUT2D eigenvalue weighted by molar-refractivity contribution is 0.472. The van der Waals surface area contributed by atoms with Gasteiger partial charge in [-0.05, 0) is 37.4 Å². The Morgan fingerprint density at radius 2 is 2.00 bits per heavy atom. The fraction of sp³-hybridized carbons (Fsp3) is 0.643. The summed E-state index contributed by atoms with van der Waals surface area (Å²) in [4.78, 5) is 6.66. The third kappa shape index (κ3) is 3.20. The highest BCUT2D eigenvalue weighted by Crippen LogP contribution is 2.31. The van der Waals surface area contributed by atoms with Crippen LogP contribution in [0.4, 0.5) is 5.82 Å². The first-order valence-electron chi connectivity index (χ1n) is 7.19. The number of hydrogen-bond donors (Lipinski definition) is 1. The van der Waals surface area contributed by atoms with E-state index in [-0.39, 0.29) is 4.90 Å². The number of anilines is 1. The summed E-state index contributed by atoms with van der Waals surface area (Å²) in [5.41, 5.74) is 5.82. The highest BCUT2D eigenvalue weighted by molar-refractivity contribution is 7.89. The molecule has 0 amide bonds. The Bertz CT molecular complexity index is 571. The average Bonchev–Trinajstić information content (AvgIpc) is 2.94. The summed E-state index contributed by atoms with van der Waals surface area (Å²) >= 11 is 0. The number of rotatable bonds is 5. The molecule has 118 valence electrons. The topological polar surface area (TPSA) is 79.5 Å². The average molecular weight is 312 g/mol. The van der Waals surface area contributed by atoms with Crippen LogP contribution in [0.25, 0.3) is 0 Å². The van der Waals surface area contributed by atoms with Crippen LogP contribution in [0.15, 0.2) is 23.2 Å².